The molecule has 0 aliphatic carbocycles. The molecule has 0 aromatic heterocycles. The second-order valence-corrected chi connectivity index (χ2v) is 7.76. The number of rotatable bonds is 6. The molecule has 0 saturated carbocycles. The van der Waals surface area contributed by atoms with Crippen molar-refractivity contribution in [2.45, 2.75) is 0 Å². The van der Waals surface area contributed by atoms with Crippen molar-refractivity contribution in [2.75, 3.05) is 5.09 Å². The van der Waals surface area contributed by atoms with Gasteiger partial charge in [0.15, 0.2) is 0 Å². The number of anilines is 1. The van der Waals surface area contributed by atoms with E-state index in [9.17, 15) is 23.7 Å². The van der Waals surface area contributed by atoms with Crippen LogP contribution >= 0.6 is 23.4 Å². The lowest BCUT2D eigenvalue weighted by Crippen LogP contribution is -2.01. The number of hydrogen-bond donors (Lipinski definition) is 6. The highest BCUT2D eigenvalue weighted by Gasteiger charge is 2.40. The van der Waals surface area contributed by atoms with Gasteiger partial charge in [0.25, 0.3) is 0 Å². The maximum absolute atomic E-state index is 11.5. The molecule has 0 saturated heterocycles. The van der Waals surface area contributed by atoms with Crippen LogP contribution in [0, 0.1) is 0 Å². The van der Waals surface area contributed by atoms with Crippen LogP contribution in [0.4, 0.5) is 5.69 Å². The van der Waals surface area contributed by atoms with Crippen LogP contribution in [0.15, 0.2) is 24.3 Å². The monoisotopic (exact) mass is 349 g/mol. The van der Waals surface area contributed by atoms with Gasteiger partial charge in [-0.05, 0) is 12.1 Å². The van der Waals surface area contributed by atoms with Gasteiger partial charge < -0.3 is 24.7 Å². The molecule has 0 amide bonds. The van der Waals surface area contributed by atoms with E-state index in [2.05, 4.69) is 8.62 Å². The van der Waals surface area contributed by atoms with E-state index in [1.54, 1.807) is 5.09 Å². The predicted molar refractivity (Wildman–Crippen MR) is 65.6 cm³/mol. The van der Waals surface area contributed by atoms with Gasteiger partial charge in [0, 0.05) is 0 Å². The summed E-state index contributed by atoms with van der Waals surface area (Å²) < 4.78 is 40.1. The van der Waals surface area contributed by atoms with E-state index >= 15 is 0 Å². The van der Waals surface area contributed by atoms with E-state index in [1.165, 1.54) is 12.1 Å². The zero-order chi connectivity index (χ0) is 15.6. The smallest absolute Gasteiger partial charge is 0.489 e. The van der Waals surface area contributed by atoms with Crippen LogP contribution in [0.25, 0.3) is 0 Å². The molecule has 1 rings (SSSR count). The van der Waals surface area contributed by atoms with Gasteiger partial charge in [-0.25, -0.2) is 13.7 Å². The average molecular weight is 349 g/mol. The molecule has 0 spiro atoms. The summed E-state index contributed by atoms with van der Waals surface area (Å²) in [5, 5.41) is 11.0. The number of phenolic OH excluding ortho intramolecular Hbond substituents is 1. The van der Waals surface area contributed by atoms with Gasteiger partial charge in [0.1, 0.15) is 5.75 Å². The van der Waals surface area contributed by atoms with Gasteiger partial charge in [-0.3, -0.25) is 5.09 Å². The first-order valence-electron chi connectivity index (χ1n) is 4.60. The summed E-state index contributed by atoms with van der Waals surface area (Å²) in [6.45, 7) is 0. The summed E-state index contributed by atoms with van der Waals surface area (Å²) in [5.74, 6) is -0.464. The molecule has 114 valence electrons. The number of para-hydroxylation sites is 2. The Morgan fingerprint density at radius 3 is 2.00 bits per heavy atom. The molecule has 2 atom stereocenters. The second-order valence-electron chi connectivity index (χ2n) is 3.27. The second kappa shape index (κ2) is 5.95. The molecular weight excluding hydrogens is 339 g/mol. The molecular formula is C6H10NO10P3. The quantitative estimate of drug-likeness (QED) is 0.320. The molecule has 2 unspecified atom stereocenters. The Morgan fingerprint density at radius 2 is 1.50 bits per heavy atom. The first-order valence-corrected chi connectivity index (χ1v) is 9.21. The molecule has 1 aromatic carbocycles. The van der Waals surface area contributed by atoms with E-state index < -0.39 is 29.1 Å². The normalized spacial score (nSPS) is 18.0. The van der Waals surface area contributed by atoms with Gasteiger partial charge in [-0.15, -0.1) is 0 Å². The van der Waals surface area contributed by atoms with Crippen molar-refractivity contribution in [1.29, 1.82) is 0 Å². The molecule has 0 bridgehead atoms. The van der Waals surface area contributed by atoms with Crippen LogP contribution in [-0.2, 0) is 22.3 Å². The van der Waals surface area contributed by atoms with Crippen LogP contribution in [0.2, 0.25) is 0 Å². The van der Waals surface area contributed by atoms with Crippen LogP contribution in [0.5, 0.6) is 5.75 Å². The van der Waals surface area contributed by atoms with Crippen molar-refractivity contribution in [3.8, 4) is 5.75 Å². The summed E-state index contributed by atoms with van der Waals surface area (Å²) in [6, 6.07) is 5.06. The third kappa shape index (κ3) is 6.15. The molecule has 0 heterocycles. The van der Waals surface area contributed by atoms with Crippen molar-refractivity contribution >= 4 is 29.1 Å². The molecule has 6 N–H and O–H groups in total. The van der Waals surface area contributed by atoms with Crippen LogP contribution in [0.1, 0.15) is 0 Å². The van der Waals surface area contributed by atoms with Crippen LogP contribution in [-0.4, -0.2) is 24.7 Å². The Bertz CT molecular complexity index is 625. The number of phosphoric acid groups is 2. The van der Waals surface area contributed by atoms with Gasteiger partial charge in [-0.1, -0.05) is 12.1 Å². The summed E-state index contributed by atoms with van der Waals surface area (Å²) in [7, 11) is -16.0. The van der Waals surface area contributed by atoms with Crippen LogP contribution < -0.4 is 5.09 Å². The van der Waals surface area contributed by atoms with E-state index in [0.29, 0.717) is 0 Å². The first-order chi connectivity index (χ1) is 8.90. The molecule has 1 aromatic rings. The lowest BCUT2D eigenvalue weighted by molar-refractivity contribution is 0.223. The van der Waals surface area contributed by atoms with Gasteiger partial charge in [0.2, 0.25) is 0 Å². The lowest BCUT2D eigenvalue weighted by atomic mass is 10.3. The molecule has 20 heavy (non-hydrogen) atoms. The summed E-state index contributed by atoms with van der Waals surface area (Å²) in [6.07, 6.45) is 0. The first kappa shape index (κ1) is 17.3. The Kier molecular flexibility index (Phi) is 5.15. The Balaban J connectivity index is 2.86. The van der Waals surface area contributed by atoms with Gasteiger partial charge >= 0.3 is 23.4 Å². The zero-order valence-electron chi connectivity index (χ0n) is 9.43. The third-order valence-electron chi connectivity index (χ3n) is 1.59. The highest BCUT2D eigenvalue weighted by molar-refractivity contribution is 7.68. The fourth-order valence-corrected chi connectivity index (χ4v) is 4.27. The van der Waals surface area contributed by atoms with Gasteiger partial charge in [-0.2, -0.15) is 8.62 Å². The summed E-state index contributed by atoms with van der Waals surface area (Å²) >= 11 is 0. The average Bonchev–Trinajstić information content (AvgIpc) is 2.15. The zero-order valence-corrected chi connectivity index (χ0v) is 12.1. The number of benzene rings is 1. The van der Waals surface area contributed by atoms with Crippen molar-refractivity contribution < 1.29 is 47.0 Å². The maximum Gasteiger partial charge on any atom is 0.489 e. The fourth-order valence-electron chi connectivity index (χ4n) is 1.03. The van der Waals surface area contributed by atoms with Crippen molar-refractivity contribution in [3.05, 3.63) is 24.3 Å². The third-order valence-corrected chi connectivity index (χ3v) is 5.50. The molecule has 0 aliphatic rings. The molecule has 0 radical (unpaired) electrons. The number of hydrogen-bond acceptors (Lipinski definition) is 6. The highest BCUT2D eigenvalue weighted by Crippen LogP contribution is 2.65. The maximum atomic E-state index is 11.5. The summed E-state index contributed by atoms with van der Waals surface area (Å²) in [5.41, 5.74) is -0.311. The minimum Gasteiger partial charge on any atom is -0.506 e. The molecule has 11 nitrogen and oxygen atoms in total. The lowest BCUT2D eigenvalue weighted by Gasteiger charge is -2.17. The SMILES string of the molecule is O=P(O)(O)OP(=O)(O)OP(=O)(O)Nc1ccccc1O. The molecule has 0 fully saturated rings. The van der Waals surface area contributed by atoms with Crippen molar-refractivity contribution in [1.82, 2.24) is 0 Å². The topological polar surface area (TPSA) is 183 Å². The number of aromatic hydroxyl groups is 1. The minimum atomic E-state index is -5.51. The largest absolute Gasteiger partial charge is 0.506 e. The molecule has 0 aliphatic heterocycles. The predicted octanol–water partition coefficient (Wildman–Crippen LogP) is 1.13. The van der Waals surface area contributed by atoms with E-state index in [4.69, 9.17) is 14.7 Å². The molecule has 14 heteroatoms. The fraction of sp³-hybridized carbons (Fsp3) is 0. The highest BCUT2D eigenvalue weighted by atomic mass is 31.3. The Morgan fingerprint density at radius 1 is 0.950 bits per heavy atom. The van der Waals surface area contributed by atoms with Gasteiger partial charge in [0.05, 0.1) is 5.69 Å². The van der Waals surface area contributed by atoms with Crippen molar-refractivity contribution in [2.24, 2.45) is 0 Å². The van der Waals surface area contributed by atoms with Crippen molar-refractivity contribution in [3.63, 3.8) is 0 Å². The number of nitrogens with one attached hydrogen (secondary N) is 1. The van der Waals surface area contributed by atoms with Crippen LogP contribution in [0.3, 0.4) is 0 Å². The minimum absolute atomic E-state index is 0.311. The summed E-state index contributed by atoms with van der Waals surface area (Å²) in [4.78, 5) is 34.8. The van der Waals surface area contributed by atoms with E-state index in [-0.39, 0.29) is 5.69 Å². The Hall–Kier alpha value is -0.730. The number of phenols is 1. The van der Waals surface area contributed by atoms with E-state index in [0.717, 1.165) is 12.1 Å². The standard InChI is InChI=1S/C6H10NO10P3/c8-6-4-2-1-3-5(6)7-18(9,10)16-20(14,15)17-19(11,12)13/h1-4,8H,(H,14,15)(H2,7,9,10)(H2,11,12,13). The van der Waals surface area contributed by atoms with E-state index in [1.807, 2.05) is 0 Å². The Labute approximate surface area is 112 Å².